The number of hydrogen-bond acceptors (Lipinski definition) is 5. The smallest absolute Gasteiger partial charge is 0.221 e. The lowest BCUT2D eigenvalue weighted by Gasteiger charge is -2.25. The van der Waals surface area contributed by atoms with Crippen molar-refractivity contribution in [2.75, 3.05) is 31.6 Å². The minimum atomic E-state index is -0.0609. The molecule has 0 aliphatic carbocycles. The lowest BCUT2D eigenvalue weighted by atomic mass is 10.1. The number of benzene rings is 1. The highest BCUT2D eigenvalue weighted by Crippen LogP contribution is 2.24. The van der Waals surface area contributed by atoms with Crippen molar-refractivity contribution in [3.63, 3.8) is 0 Å². The number of nitrogens with one attached hydrogen (secondary N) is 1. The van der Waals surface area contributed by atoms with Gasteiger partial charge in [-0.2, -0.15) is 0 Å². The average Bonchev–Trinajstić information content (AvgIpc) is 2.97. The van der Waals surface area contributed by atoms with E-state index < -0.39 is 0 Å². The van der Waals surface area contributed by atoms with E-state index in [9.17, 15) is 4.79 Å². The second-order valence-corrected chi connectivity index (χ2v) is 6.22. The summed E-state index contributed by atoms with van der Waals surface area (Å²) < 4.78 is 5.36. The summed E-state index contributed by atoms with van der Waals surface area (Å²) in [5, 5.41) is 5.98. The van der Waals surface area contributed by atoms with Gasteiger partial charge in [0.25, 0.3) is 0 Å². The molecule has 6 heteroatoms. The van der Waals surface area contributed by atoms with E-state index in [2.05, 4.69) is 15.6 Å². The van der Waals surface area contributed by atoms with Crippen molar-refractivity contribution in [1.82, 2.24) is 9.88 Å². The second kappa shape index (κ2) is 7.00. The number of amides is 1. The van der Waals surface area contributed by atoms with Gasteiger partial charge in [-0.25, -0.2) is 4.98 Å². The molecule has 1 aromatic heterocycles. The number of anilines is 1. The van der Waals surface area contributed by atoms with E-state index in [1.807, 2.05) is 24.3 Å². The fraction of sp³-hybridized carbons (Fsp3) is 0.375. The molecule has 0 radical (unpaired) electrons. The number of aromatic nitrogens is 1. The molecule has 0 saturated carbocycles. The molecule has 0 spiro atoms. The van der Waals surface area contributed by atoms with Gasteiger partial charge in [0.2, 0.25) is 5.91 Å². The fourth-order valence-electron chi connectivity index (χ4n) is 2.39. The molecule has 2 aromatic rings. The maximum Gasteiger partial charge on any atom is 0.221 e. The van der Waals surface area contributed by atoms with E-state index in [-0.39, 0.29) is 5.91 Å². The quantitative estimate of drug-likeness (QED) is 0.942. The van der Waals surface area contributed by atoms with Gasteiger partial charge in [-0.05, 0) is 12.1 Å². The molecule has 1 amide bonds. The van der Waals surface area contributed by atoms with Crippen LogP contribution in [-0.2, 0) is 16.1 Å². The molecule has 1 saturated heterocycles. The first-order chi connectivity index (χ1) is 10.7. The van der Waals surface area contributed by atoms with Crippen LogP contribution in [-0.4, -0.2) is 42.1 Å². The van der Waals surface area contributed by atoms with Gasteiger partial charge < -0.3 is 10.1 Å². The van der Waals surface area contributed by atoms with Crippen molar-refractivity contribution >= 4 is 22.9 Å². The van der Waals surface area contributed by atoms with Crippen LogP contribution in [0.3, 0.4) is 0 Å². The highest BCUT2D eigenvalue weighted by Gasteiger charge is 2.13. The summed E-state index contributed by atoms with van der Waals surface area (Å²) in [5.74, 6) is -0.0609. The van der Waals surface area contributed by atoms with Crippen molar-refractivity contribution in [2.24, 2.45) is 0 Å². The SMILES string of the molecule is CC(=O)Nc1ccc(-c2csc(CN3CCOCC3)n2)cc1. The van der Waals surface area contributed by atoms with Crippen LogP contribution in [0, 0.1) is 0 Å². The highest BCUT2D eigenvalue weighted by molar-refractivity contribution is 7.09. The minimum absolute atomic E-state index is 0.0609. The van der Waals surface area contributed by atoms with Gasteiger partial charge in [0.1, 0.15) is 5.01 Å². The molecule has 22 heavy (non-hydrogen) atoms. The van der Waals surface area contributed by atoms with Gasteiger partial charge in [0.05, 0.1) is 25.5 Å². The normalized spacial score (nSPS) is 15.7. The summed E-state index contributed by atoms with van der Waals surface area (Å²) in [4.78, 5) is 18.1. The molecule has 0 atom stereocenters. The van der Waals surface area contributed by atoms with Crippen molar-refractivity contribution in [3.05, 3.63) is 34.7 Å². The lowest BCUT2D eigenvalue weighted by molar-refractivity contribution is -0.114. The van der Waals surface area contributed by atoms with Crippen LogP contribution in [0.4, 0.5) is 5.69 Å². The molecular formula is C16H19N3O2S. The first-order valence-corrected chi connectivity index (χ1v) is 8.21. The van der Waals surface area contributed by atoms with Crippen molar-refractivity contribution in [2.45, 2.75) is 13.5 Å². The molecule has 3 rings (SSSR count). The Morgan fingerprint density at radius 1 is 1.32 bits per heavy atom. The summed E-state index contributed by atoms with van der Waals surface area (Å²) >= 11 is 1.69. The van der Waals surface area contributed by atoms with E-state index in [1.54, 1.807) is 11.3 Å². The first-order valence-electron chi connectivity index (χ1n) is 7.33. The minimum Gasteiger partial charge on any atom is -0.379 e. The zero-order valence-electron chi connectivity index (χ0n) is 12.5. The van der Waals surface area contributed by atoms with Gasteiger partial charge in [0.15, 0.2) is 0 Å². The van der Waals surface area contributed by atoms with Gasteiger partial charge >= 0.3 is 0 Å². The topological polar surface area (TPSA) is 54.5 Å². The van der Waals surface area contributed by atoms with Gasteiger partial charge in [0, 0.05) is 36.6 Å². The first kappa shape index (κ1) is 15.1. The Balaban J connectivity index is 1.66. The third-order valence-electron chi connectivity index (χ3n) is 3.52. The lowest BCUT2D eigenvalue weighted by Crippen LogP contribution is -2.35. The van der Waals surface area contributed by atoms with Gasteiger partial charge in [-0.1, -0.05) is 12.1 Å². The monoisotopic (exact) mass is 317 g/mol. The summed E-state index contributed by atoms with van der Waals surface area (Å²) in [5.41, 5.74) is 2.86. The largest absolute Gasteiger partial charge is 0.379 e. The Hall–Kier alpha value is -1.76. The van der Waals surface area contributed by atoms with Crippen molar-refractivity contribution in [3.8, 4) is 11.3 Å². The zero-order valence-corrected chi connectivity index (χ0v) is 13.4. The standard InChI is InChI=1S/C16H19N3O2S/c1-12(20)17-14-4-2-13(3-5-14)15-11-22-16(18-15)10-19-6-8-21-9-7-19/h2-5,11H,6-10H2,1H3,(H,17,20). The predicted molar refractivity (Wildman–Crippen MR) is 87.9 cm³/mol. The van der Waals surface area contributed by atoms with E-state index in [4.69, 9.17) is 9.72 Å². The molecule has 1 fully saturated rings. The van der Waals surface area contributed by atoms with Gasteiger partial charge in [-0.3, -0.25) is 9.69 Å². The second-order valence-electron chi connectivity index (χ2n) is 5.27. The predicted octanol–water partition coefficient (Wildman–Crippen LogP) is 2.60. The molecule has 1 N–H and O–H groups in total. The third kappa shape index (κ3) is 3.91. The molecule has 0 unspecified atom stereocenters. The summed E-state index contributed by atoms with van der Waals surface area (Å²) in [6.45, 7) is 5.95. The Morgan fingerprint density at radius 2 is 2.05 bits per heavy atom. The molecular weight excluding hydrogens is 298 g/mol. The molecule has 116 valence electrons. The van der Waals surface area contributed by atoms with Crippen LogP contribution in [0.2, 0.25) is 0 Å². The van der Waals surface area contributed by atoms with Crippen molar-refractivity contribution in [1.29, 1.82) is 0 Å². The fourth-order valence-corrected chi connectivity index (χ4v) is 3.24. The molecule has 1 aromatic carbocycles. The summed E-state index contributed by atoms with van der Waals surface area (Å²) in [7, 11) is 0. The number of ether oxygens (including phenoxy) is 1. The van der Waals surface area contributed by atoms with Crippen LogP contribution in [0.5, 0.6) is 0 Å². The molecule has 5 nitrogen and oxygen atoms in total. The average molecular weight is 317 g/mol. The van der Waals surface area contributed by atoms with Gasteiger partial charge in [-0.15, -0.1) is 11.3 Å². The Morgan fingerprint density at radius 3 is 2.73 bits per heavy atom. The number of carbonyl (C=O) groups is 1. The van der Waals surface area contributed by atoms with Crippen molar-refractivity contribution < 1.29 is 9.53 Å². The highest BCUT2D eigenvalue weighted by atomic mass is 32.1. The van der Waals surface area contributed by atoms with Crippen LogP contribution < -0.4 is 5.32 Å². The molecule has 1 aliphatic heterocycles. The van der Waals surface area contributed by atoms with Crippen LogP contribution >= 0.6 is 11.3 Å². The number of nitrogens with zero attached hydrogens (tertiary/aromatic N) is 2. The Bertz CT molecular complexity index is 633. The van der Waals surface area contributed by atoms with E-state index in [0.717, 1.165) is 54.8 Å². The number of rotatable bonds is 4. The Labute approximate surface area is 133 Å². The van der Waals surface area contributed by atoms with E-state index in [0.29, 0.717) is 0 Å². The maximum absolute atomic E-state index is 11.0. The number of carbonyl (C=O) groups excluding carboxylic acids is 1. The Kier molecular flexibility index (Phi) is 4.82. The van der Waals surface area contributed by atoms with Crippen LogP contribution in [0.25, 0.3) is 11.3 Å². The number of hydrogen-bond donors (Lipinski definition) is 1. The molecule has 2 heterocycles. The molecule has 0 bridgehead atoms. The summed E-state index contributed by atoms with van der Waals surface area (Å²) in [6.07, 6.45) is 0. The number of morpholine rings is 1. The third-order valence-corrected chi connectivity index (χ3v) is 4.35. The van der Waals surface area contributed by atoms with E-state index in [1.165, 1.54) is 6.92 Å². The van der Waals surface area contributed by atoms with Crippen LogP contribution in [0.1, 0.15) is 11.9 Å². The maximum atomic E-state index is 11.0. The van der Waals surface area contributed by atoms with Crippen LogP contribution in [0.15, 0.2) is 29.6 Å². The van der Waals surface area contributed by atoms with E-state index >= 15 is 0 Å². The summed E-state index contributed by atoms with van der Waals surface area (Å²) in [6, 6.07) is 7.77. The molecule has 1 aliphatic rings. The number of thiazole rings is 1. The zero-order chi connectivity index (χ0) is 15.4.